The van der Waals surface area contributed by atoms with Crippen LogP contribution in [0, 0.1) is 11.2 Å². The number of hydrogen-bond acceptors (Lipinski definition) is 5. The topological polar surface area (TPSA) is 75.1 Å². The third kappa shape index (κ3) is 4.56. The summed E-state index contributed by atoms with van der Waals surface area (Å²) < 4.78 is 43.0. The van der Waals surface area contributed by atoms with Crippen molar-refractivity contribution in [2.45, 2.75) is 26.5 Å². The lowest BCUT2D eigenvalue weighted by Crippen LogP contribution is -2.16. The van der Waals surface area contributed by atoms with Crippen LogP contribution in [-0.4, -0.2) is 29.6 Å². The van der Waals surface area contributed by atoms with Crippen molar-refractivity contribution in [2.75, 3.05) is 5.32 Å². The number of anilines is 1. The van der Waals surface area contributed by atoms with Crippen LogP contribution in [0.25, 0.3) is 0 Å². The molecular formula is C17H16F3N3O2. The Morgan fingerprint density at radius 1 is 1.32 bits per heavy atom. The first-order valence-electron chi connectivity index (χ1n) is 7.37. The van der Waals surface area contributed by atoms with Crippen LogP contribution in [0.1, 0.15) is 35.5 Å². The van der Waals surface area contributed by atoms with Crippen LogP contribution in [0.5, 0.6) is 5.75 Å². The highest BCUT2D eigenvalue weighted by atomic mass is 19.3. The van der Waals surface area contributed by atoms with Gasteiger partial charge in [-0.25, -0.2) is 4.39 Å². The van der Waals surface area contributed by atoms with Crippen molar-refractivity contribution >= 4 is 17.7 Å². The number of carbonyl (C=O) groups is 1. The van der Waals surface area contributed by atoms with Gasteiger partial charge in [0, 0.05) is 23.4 Å². The molecule has 2 aromatic rings. The summed E-state index contributed by atoms with van der Waals surface area (Å²) in [4.78, 5) is 15.0. The molecule has 2 rings (SSSR count). The van der Waals surface area contributed by atoms with Gasteiger partial charge in [0.1, 0.15) is 17.3 Å². The Labute approximate surface area is 142 Å². The van der Waals surface area contributed by atoms with Gasteiger partial charge in [-0.2, -0.15) is 8.78 Å². The summed E-state index contributed by atoms with van der Waals surface area (Å²) in [7, 11) is 0. The molecule has 0 radical (unpaired) electrons. The second-order valence-electron chi connectivity index (χ2n) is 5.48. The predicted molar refractivity (Wildman–Crippen MR) is 87.3 cm³/mol. The number of rotatable bonds is 7. The Balaban J connectivity index is 2.48. The largest absolute Gasteiger partial charge is 0.435 e. The zero-order valence-corrected chi connectivity index (χ0v) is 13.5. The Hall–Kier alpha value is -2.90. The fraction of sp³-hybridized carbons (Fsp3) is 0.235. The number of nitrogens with zero attached hydrogens (tertiary/aromatic N) is 1. The van der Waals surface area contributed by atoms with Crippen LogP contribution in [0.2, 0.25) is 0 Å². The van der Waals surface area contributed by atoms with Crippen LogP contribution in [0.4, 0.5) is 18.9 Å². The number of ether oxygens (including phenoxy) is 1. The second kappa shape index (κ2) is 7.78. The molecule has 0 saturated carbocycles. The fourth-order valence-electron chi connectivity index (χ4n) is 2.17. The van der Waals surface area contributed by atoms with Crippen LogP contribution in [0.3, 0.4) is 0 Å². The van der Waals surface area contributed by atoms with E-state index in [-0.39, 0.29) is 34.3 Å². The summed E-state index contributed by atoms with van der Waals surface area (Å²) in [6, 6.07) is 4.46. The molecule has 0 amide bonds. The monoisotopic (exact) mass is 351 g/mol. The third-order valence-corrected chi connectivity index (χ3v) is 3.16. The van der Waals surface area contributed by atoms with Gasteiger partial charge in [0.05, 0.1) is 11.4 Å². The smallest absolute Gasteiger partial charge is 0.387 e. The highest BCUT2D eigenvalue weighted by molar-refractivity contribution is 6.13. The number of aromatic nitrogens is 1. The molecule has 8 heteroatoms. The maximum atomic E-state index is 14.1. The minimum absolute atomic E-state index is 0.0337. The van der Waals surface area contributed by atoms with E-state index in [9.17, 15) is 18.0 Å². The molecule has 1 aromatic carbocycles. The Morgan fingerprint density at radius 3 is 2.64 bits per heavy atom. The molecule has 132 valence electrons. The standard InChI is InChI=1S/C17H16F3N3O2/c1-9(2)23-14-5-10(8-24)7-22-16(14)15(21)12-6-11(25-17(19)20)3-4-13(12)18/h3-9,17,21,23H,1-2H3. The van der Waals surface area contributed by atoms with Crippen molar-refractivity contribution in [2.24, 2.45) is 0 Å². The molecule has 0 aliphatic heterocycles. The van der Waals surface area contributed by atoms with E-state index in [1.165, 1.54) is 12.3 Å². The molecule has 1 heterocycles. The number of hydrogen-bond donors (Lipinski definition) is 2. The SMILES string of the molecule is CC(C)Nc1cc(C=O)cnc1C(=N)c1cc(OC(F)F)ccc1F. The fourth-order valence-corrected chi connectivity index (χ4v) is 2.17. The number of nitrogens with one attached hydrogen (secondary N) is 2. The van der Waals surface area contributed by atoms with E-state index in [0.29, 0.717) is 12.0 Å². The quantitative estimate of drug-likeness (QED) is 0.586. The number of aldehydes is 1. The molecule has 0 saturated heterocycles. The van der Waals surface area contributed by atoms with E-state index < -0.39 is 12.4 Å². The minimum Gasteiger partial charge on any atom is -0.435 e. The van der Waals surface area contributed by atoms with Gasteiger partial charge in [0.15, 0.2) is 6.29 Å². The van der Waals surface area contributed by atoms with Gasteiger partial charge in [-0.05, 0) is 38.1 Å². The van der Waals surface area contributed by atoms with Crippen molar-refractivity contribution in [3.8, 4) is 5.75 Å². The molecule has 0 unspecified atom stereocenters. The van der Waals surface area contributed by atoms with Crippen molar-refractivity contribution in [1.29, 1.82) is 5.41 Å². The number of carbonyl (C=O) groups excluding carboxylic acids is 1. The molecule has 0 atom stereocenters. The third-order valence-electron chi connectivity index (χ3n) is 3.16. The number of benzene rings is 1. The van der Waals surface area contributed by atoms with Crippen LogP contribution in [-0.2, 0) is 0 Å². The number of alkyl halides is 2. The van der Waals surface area contributed by atoms with Gasteiger partial charge in [-0.3, -0.25) is 15.2 Å². The van der Waals surface area contributed by atoms with E-state index >= 15 is 0 Å². The highest BCUT2D eigenvalue weighted by Crippen LogP contribution is 2.24. The lowest BCUT2D eigenvalue weighted by molar-refractivity contribution is -0.0499. The summed E-state index contributed by atoms with van der Waals surface area (Å²) >= 11 is 0. The maximum Gasteiger partial charge on any atom is 0.387 e. The zero-order valence-electron chi connectivity index (χ0n) is 13.5. The molecular weight excluding hydrogens is 335 g/mol. The van der Waals surface area contributed by atoms with Crippen molar-refractivity contribution in [1.82, 2.24) is 4.98 Å². The van der Waals surface area contributed by atoms with Gasteiger partial charge < -0.3 is 10.1 Å². The Kier molecular flexibility index (Phi) is 5.74. The molecule has 5 nitrogen and oxygen atoms in total. The van der Waals surface area contributed by atoms with Crippen LogP contribution < -0.4 is 10.1 Å². The van der Waals surface area contributed by atoms with Gasteiger partial charge in [-0.15, -0.1) is 0 Å². The first-order chi connectivity index (χ1) is 11.8. The van der Waals surface area contributed by atoms with Crippen LogP contribution in [0.15, 0.2) is 30.5 Å². The maximum absolute atomic E-state index is 14.1. The van der Waals surface area contributed by atoms with E-state index in [1.807, 2.05) is 13.8 Å². The van der Waals surface area contributed by atoms with Gasteiger partial charge in [0.25, 0.3) is 0 Å². The molecule has 0 spiro atoms. The molecule has 25 heavy (non-hydrogen) atoms. The number of pyridine rings is 1. The van der Waals surface area contributed by atoms with Crippen molar-refractivity contribution in [3.05, 3.63) is 53.1 Å². The molecule has 0 aliphatic rings. The van der Waals surface area contributed by atoms with E-state index in [1.54, 1.807) is 0 Å². The molecule has 1 aromatic heterocycles. The lowest BCUT2D eigenvalue weighted by atomic mass is 10.0. The summed E-state index contributed by atoms with van der Waals surface area (Å²) in [6.07, 6.45) is 1.85. The van der Waals surface area contributed by atoms with Crippen LogP contribution >= 0.6 is 0 Å². The first kappa shape index (κ1) is 18.4. The van der Waals surface area contributed by atoms with E-state index in [2.05, 4.69) is 15.0 Å². The van der Waals surface area contributed by atoms with Crippen molar-refractivity contribution < 1.29 is 22.7 Å². The Bertz CT molecular complexity index is 795. The summed E-state index contributed by atoms with van der Waals surface area (Å²) in [5, 5.41) is 11.3. The summed E-state index contributed by atoms with van der Waals surface area (Å²) in [5.74, 6) is -1.04. The minimum atomic E-state index is -3.06. The first-order valence-corrected chi connectivity index (χ1v) is 7.37. The zero-order chi connectivity index (χ0) is 18.6. The van der Waals surface area contributed by atoms with E-state index in [4.69, 9.17) is 5.41 Å². The molecule has 2 N–H and O–H groups in total. The van der Waals surface area contributed by atoms with Gasteiger partial charge >= 0.3 is 6.61 Å². The average molecular weight is 351 g/mol. The Morgan fingerprint density at radius 2 is 2.04 bits per heavy atom. The normalized spacial score (nSPS) is 10.8. The highest BCUT2D eigenvalue weighted by Gasteiger charge is 2.18. The average Bonchev–Trinajstić information content (AvgIpc) is 2.55. The molecule has 0 aliphatic carbocycles. The second-order valence-corrected chi connectivity index (χ2v) is 5.48. The molecule has 0 fully saturated rings. The molecule has 0 bridgehead atoms. The summed E-state index contributed by atoms with van der Waals surface area (Å²) in [5.41, 5.74) is 0.181. The van der Waals surface area contributed by atoms with Gasteiger partial charge in [0.2, 0.25) is 0 Å². The summed E-state index contributed by atoms with van der Waals surface area (Å²) in [6.45, 7) is 0.632. The van der Waals surface area contributed by atoms with E-state index in [0.717, 1.165) is 18.2 Å². The van der Waals surface area contributed by atoms with Gasteiger partial charge in [-0.1, -0.05) is 0 Å². The van der Waals surface area contributed by atoms with Crippen molar-refractivity contribution in [3.63, 3.8) is 0 Å². The predicted octanol–water partition coefficient (Wildman–Crippen LogP) is 3.87. The number of halogens is 3. The lowest BCUT2D eigenvalue weighted by Gasteiger charge is -2.16.